The van der Waals surface area contributed by atoms with E-state index in [-0.39, 0.29) is 0 Å². The smallest absolute Gasteiger partial charge is 0.0620 e. The molecule has 3 heteroatoms. The third-order valence-corrected chi connectivity index (χ3v) is 11.8. The summed E-state index contributed by atoms with van der Waals surface area (Å²) >= 11 is 2.82. The molecule has 0 fully saturated rings. The van der Waals surface area contributed by atoms with E-state index < -0.39 is 15.8 Å². The van der Waals surface area contributed by atoms with Crippen molar-refractivity contribution < 1.29 is 18.7 Å². The van der Waals surface area contributed by atoms with E-state index in [4.69, 9.17) is 0 Å². The number of rotatable bonds is 6. The Kier molecular flexibility index (Phi) is 13.1. The molecule has 206 valence electrons. The van der Waals surface area contributed by atoms with Crippen LogP contribution >= 0.6 is 15.8 Å². The van der Waals surface area contributed by atoms with Gasteiger partial charge in [-0.1, -0.05) is 109 Å². The van der Waals surface area contributed by atoms with Gasteiger partial charge in [0.15, 0.2) is 0 Å². The molecular weight excluding hydrogens is 625 g/mol. The molecule has 0 aromatic heterocycles. The number of benzene rings is 6. The maximum Gasteiger partial charge on any atom is 0.102 e. The molecule has 0 aliphatic heterocycles. The summed E-state index contributed by atoms with van der Waals surface area (Å²) < 4.78 is 1.85. The monoisotopic (exact) mass is 660 g/mol. The normalized spacial score (nSPS) is 10.2. The predicted octanol–water partition coefficient (Wildman–Crippen LogP) is 6.71. The second-order valence-electron chi connectivity index (χ2n) is 9.13. The molecule has 6 rings (SSSR count). The quantitative estimate of drug-likeness (QED) is 0.138. The molecule has 0 atom stereocenters. The van der Waals surface area contributed by atoms with Crippen molar-refractivity contribution in [1.29, 1.82) is 0 Å². The first-order chi connectivity index (χ1) is 20.3. The third-order valence-electron chi connectivity index (χ3n) is 6.37. The van der Waals surface area contributed by atoms with Gasteiger partial charge in [-0.05, 0) is 72.8 Å². The summed E-state index contributed by atoms with van der Waals surface area (Å²) in [5.41, 5.74) is 0. The zero-order valence-corrected chi connectivity index (χ0v) is 26.8. The molecule has 0 aliphatic carbocycles. The second-order valence-corrected chi connectivity index (χ2v) is 15.0. The summed E-state index contributed by atoms with van der Waals surface area (Å²) in [5, 5.41) is 8.61. The van der Waals surface area contributed by atoms with Gasteiger partial charge in [0.2, 0.25) is 0 Å². The summed E-state index contributed by atoms with van der Waals surface area (Å²) in [6.45, 7) is 1.93. The van der Waals surface area contributed by atoms with Crippen LogP contribution in [0.15, 0.2) is 182 Å². The summed E-state index contributed by atoms with van der Waals surface area (Å²) in [4.78, 5) is 0. The van der Waals surface area contributed by atoms with Gasteiger partial charge in [0.25, 0.3) is 0 Å². The average Bonchev–Trinajstić information content (AvgIpc) is 3.05. The van der Waals surface area contributed by atoms with Crippen LogP contribution < -0.4 is 31.8 Å². The Morgan fingerprint density at radius 1 is 0.317 bits per heavy atom. The molecule has 0 radical (unpaired) electrons. The first-order valence-electron chi connectivity index (χ1n) is 13.7. The van der Waals surface area contributed by atoms with E-state index in [2.05, 4.69) is 201 Å². The van der Waals surface area contributed by atoms with Crippen LogP contribution in [0.4, 0.5) is 0 Å². The van der Waals surface area contributed by atoms with E-state index in [0.717, 1.165) is 0 Å². The van der Waals surface area contributed by atoms with Crippen molar-refractivity contribution in [3.8, 4) is 0 Å². The Balaban J connectivity index is 0.000000173. The maximum atomic E-state index is 2.82. The fourth-order valence-electron chi connectivity index (χ4n) is 4.63. The molecule has 0 amide bonds. The Morgan fingerprint density at radius 3 is 0.561 bits per heavy atom. The van der Waals surface area contributed by atoms with Crippen molar-refractivity contribution in [2.24, 2.45) is 0 Å². The van der Waals surface area contributed by atoms with E-state index in [0.29, 0.717) is 0 Å². The Labute approximate surface area is 258 Å². The van der Waals surface area contributed by atoms with Crippen LogP contribution in [0, 0.1) is 0 Å². The van der Waals surface area contributed by atoms with Crippen LogP contribution in [-0.4, -0.2) is 4.49 Å². The van der Waals surface area contributed by atoms with E-state index >= 15 is 0 Å². The van der Waals surface area contributed by atoms with Gasteiger partial charge in [-0.25, -0.2) is 0 Å². The first kappa shape index (κ1) is 30.7. The molecular formula is C38H36P2Pd+2. The second kappa shape index (κ2) is 17.5. The molecule has 6 aromatic carbocycles. The molecule has 0 unspecified atom stereocenters. The van der Waals surface area contributed by atoms with E-state index in [1.54, 1.807) is 0 Å². The largest absolute Gasteiger partial charge is 0.102 e. The molecule has 0 heterocycles. The van der Waals surface area contributed by atoms with E-state index in [1.165, 1.54) is 31.8 Å². The molecule has 0 spiro atoms. The molecule has 0 aliphatic rings. The van der Waals surface area contributed by atoms with E-state index in [9.17, 15) is 0 Å². The van der Waals surface area contributed by atoms with Crippen LogP contribution in [0.5, 0.6) is 0 Å². The minimum atomic E-state index is -0.877. The van der Waals surface area contributed by atoms with Gasteiger partial charge in [0.1, 0.15) is 31.8 Å². The van der Waals surface area contributed by atoms with Crippen molar-refractivity contribution in [1.82, 2.24) is 0 Å². The van der Waals surface area contributed by atoms with Crippen LogP contribution in [-0.2, 0) is 18.7 Å². The van der Waals surface area contributed by atoms with E-state index in [1.807, 2.05) is 11.4 Å². The van der Waals surface area contributed by atoms with Crippen molar-refractivity contribution >= 4 is 52.2 Å². The molecule has 0 nitrogen and oxygen atoms in total. The Hall–Kier alpha value is -3.29. The van der Waals surface area contributed by atoms with Crippen LogP contribution in [0.3, 0.4) is 0 Å². The third kappa shape index (κ3) is 9.37. The minimum Gasteiger partial charge on any atom is -0.0620 e. The topological polar surface area (TPSA) is 0 Å². The van der Waals surface area contributed by atoms with Gasteiger partial charge in [-0.3, -0.25) is 0 Å². The Morgan fingerprint density at radius 2 is 0.439 bits per heavy atom. The van der Waals surface area contributed by atoms with Crippen molar-refractivity contribution in [2.75, 3.05) is 0 Å². The molecule has 0 N–H and O–H groups in total. The molecule has 41 heavy (non-hydrogen) atoms. The van der Waals surface area contributed by atoms with Crippen LogP contribution in [0.2, 0.25) is 0 Å². The van der Waals surface area contributed by atoms with Gasteiger partial charge in [-0.2, -0.15) is 0 Å². The van der Waals surface area contributed by atoms with Crippen molar-refractivity contribution in [2.45, 2.75) is 6.92 Å². The van der Waals surface area contributed by atoms with Gasteiger partial charge in [-0.15, -0.1) is 0 Å². The van der Waals surface area contributed by atoms with Crippen molar-refractivity contribution in [3.63, 3.8) is 0 Å². The predicted molar refractivity (Wildman–Crippen MR) is 185 cm³/mol. The summed E-state index contributed by atoms with van der Waals surface area (Å²) in [6.07, 6.45) is 0. The molecule has 0 saturated heterocycles. The number of hydrogen-bond donors (Lipinski definition) is 0. The summed E-state index contributed by atoms with van der Waals surface area (Å²) in [5.74, 6) is 0. The summed E-state index contributed by atoms with van der Waals surface area (Å²) in [6, 6.07) is 65.0. The molecule has 6 aromatic rings. The van der Waals surface area contributed by atoms with Crippen LogP contribution in [0.1, 0.15) is 6.92 Å². The minimum absolute atomic E-state index is 0.877. The average molecular weight is 661 g/mol. The van der Waals surface area contributed by atoms with Gasteiger partial charge in [0.05, 0.1) is 15.8 Å². The van der Waals surface area contributed by atoms with Gasteiger partial charge < -0.3 is 0 Å². The fourth-order valence-corrected chi connectivity index (χ4v) is 9.78. The fraction of sp³-hybridized carbons (Fsp3) is 0.0263. The van der Waals surface area contributed by atoms with Gasteiger partial charge >= 0.3 is 30.2 Å². The molecule has 0 saturated carbocycles. The molecule has 0 bridgehead atoms. The van der Waals surface area contributed by atoms with Crippen LogP contribution in [0.25, 0.3) is 0 Å². The Bertz CT molecular complexity index is 1220. The van der Waals surface area contributed by atoms with Gasteiger partial charge in [0, 0.05) is 0 Å². The summed E-state index contributed by atoms with van der Waals surface area (Å²) in [7, 11) is -1.75. The maximum absolute atomic E-state index is 2.82. The van der Waals surface area contributed by atoms with Crippen molar-refractivity contribution in [3.05, 3.63) is 182 Å². The standard InChI is InChI=1S/2C18H15P.C2H4.Pd/c2*1-4-10-16(11-5-1)19(17-12-6-2-7-13-17)18-14-8-3-9-15-18;1-2;/h2*1-15H;1H,2H3;/p+2. The first-order valence-corrected chi connectivity index (χ1v) is 17.6. The zero-order valence-electron chi connectivity index (χ0n) is 23.2. The SMILES string of the molecule is C[CH]=[Pd].c1ccc([PH+](c2ccccc2)c2ccccc2)cc1.c1ccc([PH+](c2ccccc2)c2ccccc2)cc1. The number of hydrogen-bond acceptors (Lipinski definition) is 0. The zero-order chi connectivity index (χ0) is 28.5.